The van der Waals surface area contributed by atoms with E-state index >= 15 is 0 Å². The van der Waals surface area contributed by atoms with Gasteiger partial charge >= 0.3 is 6.18 Å². The molecule has 5 rings (SSSR count). The largest absolute Gasteiger partial charge is 0.416 e. The smallest absolute Gasteiger partial charge is 0.368 e. The van der Waals surface area contributed by atoms with Crippen LogP contribution in [0.25, 0.3) is 22.2 Å². The Morgan fingerprint density at radius 3 is 2.12 bits per heavy atom. The van der Waals surface area contributed by atoms with Gasteiger partial charge in [-0.05, 0) is 36.4 Å². The number of alkyl halides is 3. The van der Waals surface area contributed by atoms with E-state index in [1.54, 1.807) is 4.90 Å². The number of benzene rings is 3. The van der Waals surface area contributed by atoms with Crippen LogP contribution in [0, 0.1) is 0 Å². The third-order valence-corrected chi connectivity index (χ3v) is 6.14. The van der Waals surface area contributed by atoms with Crippen LogP contribution >= 0.6 is 0 Å². The molecule has 3 aromatic carbocycles. The first-order valence-electron chi connectivity index (χ1n) is 11.1. The van der Waals surface area contributed by atoms with Crippen molar-refractivity contribution in [2.75, 3.05) is 31.1 Å². The van der Waals surface area contributed by atoms with E-state index < -0.39 is 11.7 Å². The van der Waals surface area contributed by atoms with Gasteiger partial charge in [-0.1, -0.05) is 48.5 Å². The first-order valence-corrected chi connectivity index (χ1v) is 11.1. The minimum absolute atomic E-state index is 0.0668. The molecule has 1 amide bonds. The summed E-state index contributed by atoms with van der Waals surface area (Å²) in [5.74, 6) is -0.0668. The Morgan fingerprint density at radius 2 is 1.44 bits per heavy atom. The molecule has 0 bridgehead atoms. The van der Waals surface area contributed by atoms with Gasteiger partial charge in [0, 0.05) is 42.8 Å². The number of hydrogen-bond donors (Lipinski definition) is 0. The monoisotopic (exact) mass is 461 g/mol. The summed E-state index contributed by atoms with van der Waals surface area (Å²) in [5.41, 5.74) is 3.10. The number of para-hydroxylation sites is 1. The Labute approximate surface area is 195 Å². The maximum absolute atomic E-state index is 13.6. The number of hydrogen-bond acceptors (Lipinski definition) is 3. The fraction of sp³-hybridized carbons (Fsp3) is 0.185. The molecule has 4 aromatic rings. The van der Waals surface area contributed by atoms with Crippen LogP contribution in [-0.4, -0.2) is 42.0 Å². The fourth-order valence-corrected chi connectivity index (χ4v) is 4.31. The van der Waals surface area contributed by atoms with Crippen LogP contribution < -0.4 is 4.90 Å². The highest BCUT2D eigenvalue weighted by atomic mass is 19.4. The lowest BCUT2D eigenvalue weighted by Gasteiger charge is -2.36. The molecule has 0 N–H and O–H groups in total. The van der Waals surface area contributed by atoms with Crippen molar-refractivity contribution in [1.29, 1.82) is 0 Å². The summed E-state index contributed by atoms with van der Waals surface area (Å²) in [4.78, 5) is 22.1. The summed E-state index contributed by atoms with van der Waals surface area (Å²) in [6, 6.07) is 24.4. The Morgan fingerprint density at radius 1 is 0.794 bits per heavy atom. The highest BCUT2D eigenvalue weighted by Gasteiger charge is 2.30. The van der Waals surface area contributed by atoms with Crippen LogP contribution in [0.3, 0.4) is 0 Å². The lowest BCUT2D eigenvalue weighted by molar-refractivity contribution is -0.137. The molecule has 1 saturated heterocycles. The molecule has 1 aromatic heterocycles. The predicted molar refractivity (Wildman–Crippen MR) is 127 cm³/mol. The highest BCUT2D eigenvalue weighted by molar-refractivity contribution is 6.07. The number of rotatable bonds is 3. The number of fused-ring (bicyclic) bond motifs is 1. The SMILES string of the molecule is O=C(c1cc(-c2ccccc2)nc2ccccc12)N1CCN(c2ccc(C(F)(F)F)cc2)CC1. The molecule has 0 atom stereocenters. The van der Waals surface area contributed by atoms with E-state index in [2.05, 4.69) is 0 Å². The maximum Gasteiger partial charge on any atom is 0.416 e. The zero-order valence-electron chi connectivity index (χ0n) is 18.3. The van der Waals surface area contributed by atoms with E-state index in [1.807, 2.05) is 65.6 Å². The number of piperazine rings is 1. The van der Waals surface area contributed by atoms with E-state index in [9.17, 15) is 18.0 Å². The molecule has 1 aliphatic rings. The second-order valence-electron chi connectivity index (χ2n) is 8.26. The minimum Gasteiger partial charge on any atom is -0.368 e. The quantitative estimate of drug-likeness (QED) is 0.382. The molecule has 0 spiro atoms. The van der Waals surface area contributed by atoms with Crippen molar-refractivity contribution in [1.82, 2.24) is 9.88 Å². The van der Waals surface area contributed by atoms with Gasteiger partial charge in [0.25, 0.3) is 5.91 Å². The third kappa shape index (κ3) is 4.33. The molecule has 1 fully saturated rings. The van der Waals surface area contributed by atoms with Crippen molar-refractivity contribution in [3.8, 4) is 11.3 Å². The van der Waals surface area contributed by atoms with Crippen LogP contribution in [-0.2, 0) is 6.18 Å². The average Bonchev–Trinajstić information content (AvgIpc) is 2.88. The van der Waals surface area contributed by atoms with E-state index in [0.717, 1.165) is 40.0 Å². The van der Waals surface area contributed by atoms with E-state index in [4.69, 9.17) is 4.98 Å². The van der Waals surface area contributed by atoms with Crippen molar-refractivity contribution in [2.24, 2.45) is 0 Å². The fourth-order valence-electron chi connectivity index (χ4n) is 4.31. The molecule has 4 nitrogen and oxygen atoms in total. The van der Waals surface area contributed by atoms with Crippen molar-refractivity contribution in [3.05, 3.63) is 96.1 Å². The molecule has 7 heteroatoms. The van der Waals surface area contributed by atoms with Gasteiger partial charge in [-0.2, -0.15) is 13.2 Å². The second-order valence-corrected chi connectivity index (χ2v) is 8.26. The number of aromatic nitrogens is 1. The van der Waals surface area contributed by atoms with Crippen LogP contribution in [0.15, 0.2) is 84.9 Å². The van der Waals surface area contributed by atoms with Crippen LogP contribution in [0.1, 0.15) is 15.9 Å². The summed E-state index contributed by atoms with van der Waals surface area (Å²) >= 11 is 0. The standard InChI is InChI=1S/C27H22F3N3O/c28-27(29,30)20-10-12-21(13-11-20)32-14-16-33(17-15-32)26(34)23-18-25(19-6-2-1-3-7-19)31-24-9-5-4-8-22(23)24/h1-13,18H,14-17H2. The van der Waals surface area contributed by atoms with Gasteiger partial charge in [-0.3, -0.25) is 4.79 Å². The average molecular weight is 461 g/mol. The van der Waals surface area contributed by atoms with Crippen molar-refractivity contribution < 1.29 is 18.0 Å². The first-order chi connectivity index (χ1) is 16.4. The van der Waals surface area contributed by atoms with Crippen LogP contribution in [0.2, 0.25) is 0 Å². The molecule has 2 heterocycles. The Hall–Kier alpha value is -3.87. The molecule has 0 unspecified atom stereocenters. The third-order valence-electron chi connectivity index (χ3n) is 6.14. The predicted octanol–water partition coefficient (Wildman–Crippen LogP) is 5.88. The van der Waals surface area contributed by atoms with Gasteiger partial charge in [0.2, 0.25) is 0 Å². The van der Waals surface area contributed by atoms with Crippen LogP contribution in [0.5, 0.6) is 0 Å². The maximum atomic E-state index is 13.6. The van der Waals surface area contributed by atoms with Gasteiger partial charge in [-0.25, -0.2) is 4.98 Å². The van der Waals surface area contributed by atoms with E-state index in [-0.39, 0.29) is 5.91 Å². The molecular weight excluding hydrogens is 439 g/mol. The molecule has 0 aliphatic carbocycles. The number of halogens is 3. The summed E-state index contributed by atoms with van der Waals surface area (Å²) in [6.07, 6.45) is -4.35. The van der Waals surface area contributed by atoms with Crippen molar-refractivity contribution >= 4 is 22.5 Å². The van der Waals surface area contributed by atoms with Gasteiger partial charge in [0.1, 0.15) is 0 Å². The first kappa shape index (κ1) is 21.9. The molecule has 34 heavy (non-hydrogen) atoms. The molecule has 1 aliphatic heterocycles. The Kier molecular flexibility index (Phi) is 5.69. The lowest BCUT2D eigenvalue weighted by atomic mass is 10.0. The zero-order valence-corrected chi connectivity index (χ0v) is 18.3. The van der Waals surface area contributed by atoms with Gasteiger partial charge < -0.3 is 9.80 Å². The Balaban J connectivity index is 1.37. The number of anilines is 1. The van der Waals surface area contributed by atoms with Gasteiger partial charge in [-0.15, -0.1) is 0 Å². The minimum atomic E-state index is -4.35. The number of amides is 1. The van der Waals surface area contributed by atoms with Gasteiger partial charge in [0.15, 0.2) is 0 Å². The molecule has 172 valence electrons. The summed E-state index contributed by atoms with van der Waals surface area (Å²) < 4.78 is 38.5. The number of nitrogens with zero attached hydrogens (tertiary/aromatic N) is 3. The lowest BCUT2D eigenvalue weighted by Crippen LogP contribution is -2.48. The molecule has 0 radical (unpaired) electrons. The number of carbonyl (C=O) groups is 1. The number of pyridine rings is 1. The normalized spacial score (nSPS) is 14.4. The summed E-state index contributed by atoms with van der Waals surface area (Å²) in [7, 11) is 0. The highest BCUT2D eigenvalue weighted by Crippen LogP contribution is 2.31. The van der Waals surface area contributed by atoms with Crippen molar-refractivity contribution in [3.63, 3.8) is 0 Å². The molecule has 0 saturated carbocycles. The van der Waals surface area contributed by atoms with E-state index in [0.29, 0.717) is 31.7 Å². The summed E-state index contributed by atoms with van der Waals surface area (Å²) in [6.45, 7) is 2.06. The van der Waals surface area contributed by atoms with Crippen LogP contribution in [0.4, 0.5) is 18.9 Å². The Bertz CT molecular complexity index is 1310. The summed E-state index contributed by atoms with van der Waals surface area (Å²) in [5, 5.41) is 0.803. The van der Waals surface area contributed by atoms with Crippen molar-refractivity contribution in [2.45, 2.75) is 6.18 Å². The second kappa shape index (κ2) is 8.82. The van der Waals surface area contributed by atoms with E-state index in [1.165, 1.54) is 12.1 Å². The topological polar surface area (TPSA) is 36.4 Å². The molecular formula is C27H22F3N3O. The van der Waals surface area contributed by atoms with Gasteiger partial charge in [0.05, 0.1) is 22.3 Å². The number of carbonyl (C=O) groups excluding carboxylic acids is 1. The zero-order chi connectivity index (χ0) is 23.7.